The van der Waals surface area contributed by atoms with Crippen LogP contribution in [-0.2, 0) is 11.3 Å². The fraction of sp³-hybridized carbons (Fsp3) is 0.385. The number of carbonyl (C=O) groups excluding carboxylic acids is 1. The topological polar surface area (TPSA) is 78.9 Å². The number of benzene rings is 1. The average Bonchev–Trinajstić information content (AvgIpc) is 2.36. The molecule has 0 spiro atoms. The molecule has 1 unspecified atom stereocenters. The molecule has 0 aliphatic carbocycles. The maximum atomic E-state index is 11.6. The molecule has 17 heavy (non-hydrogen) atoms. The van der Waals surface area contributed by atoms with Gasteiger partial charge in [0.2, 0.25) is 5.91 Å². The van der Waals surface area contributed by atoms with E-state index < -0.39 is 6.04 Å². The van der Waals surface area contributed by atoms with Gasteiger partial charge in [0.25, 0.3) is 0 Å². The predicted octanol–water partition coefficient (Wildman–Crippen LogP) is 1.30. The van der Waals surface area contributed by atoms with Crippen LogP contribution in [0.15, 0.2) is 24.3 Å². The van der Waals surface area contributed by atoms with E-state index in [9.17, 15) is 4.79 Å². The lowest BCUT2D eigenvalue weighted by Crippen LogP contribution is -2.40. The molecule has 0 saturated carbocycles. The Bertz CT molecular complexity index is 423. The molecule has 1 rings (SSSR count). The number of nitrogens with two attached hydrogens (primary N) is 1. The van der Waals surface area contributed by atoms with Crippen molar-refractivity contribution in [2.75, 3.05) is 0 Å². The molecule has 0 aromatic heterocycles. The van der Waals surface area contributed by atoms with Crippen LogP contribution in [0.25, 0.3) is 0 Å². The Morgan fingerprint density at radius 1 is 1.59 bits per heavy atom. The van der Waals surface area contributed by atoms with Crippen LogP contribution >= 0.6 is 0 Å². The lowest BCUT2D eigenvalue weighted by atomic mass is 10.1. The lowest BCUT2D eigenvalue weighted by Gasteiger charge is -2.11. The zero-order valence-electron chi connectivity index (χ0n) is 9.94. The number of hydrogen-bond donors (Lipinski definition) is 2. The lowest BCUT2D eigenvalue weighted by molar-refractivity contribution is -0.122. The summed E-state index contributed by atoms with van der Waals surface area (Å²) < 4.78 is 0. The summed E-state index contributed by atoms with van der Waals surface area (Å²) in [5, 5.41) is 11.5. The minimum atomic E-state index is -0.445. The van der Waals surface area contributed by atoms with Gasteiger partial charge in [0.15, 0.2) is 0 Å². The second-order valence-corrected chi connectivity index (χ2v) is 3.93. The summed E-state index contributed by atoms with van der Waals surface area (Å²) in [6, 6.07) is 8.77. The molecule has 1 atom stereocenters. The standard InChI is InChI=1S/C13H17N3O/c1-2-4-12(15)13(17)16-9-11-6-3-5-10(7-11)8-14/h3,5-7,12H,2,4,9,15H2,1H3,(H,16,17). The minimum absolute atomic E-state index is 0.144. The van der Waals surface area contributed by atoms with E-state index in [0.717, 1.165) is 12.0 Å². The number of nitrogens with zero attached hydrogens (tertiary/aromatic N) is 1. The first kappa shape index (κ1) is 13.2. The molecule has 0 bridgehead atoms. The third kappa shape index (κ3) is 4.25. The van der Waals surface area contributed by atoms with Gasteiger partial charge in [-0.1, -0.05) is 25.5 Å². The molecule has 4 nitrogen and oxygen atoms in total. The molecule has 0 radical (unpaired) electrons. The normalized spacial score (nSPS) is 11.6. The zero-order valence-corrected chi connectivity index (χ0v) is 9.94. The molecule has 90 valence electrons. The first-order valence-corrected chi connectivity index (χ1v) is 5.69. The Balaban J connectivity index is 2.50. The molecular formula is C13H17N3O. The van der Waals surface area contributed by atoms with Crippen molar-refractivity contribution in [1.29, 1.82) is 5.26 Å². The smallest absolute Gasteiger partial charge is 0.237 e. The molecule has 1 aromatic carbocycles. The fourth-order valence-electron chi connectivity index (χ4n) is 1.51. The van der Waals surface area contributed by atoms with Gasteiger partial charge in [-0.05, 0) is 24.1 Å². The minimum Gasteiger partial charge on any atom is -0.351 e. The van der Waals surface area contributed by atoms with Gasteiger partial charge in [0, 0.05) is 6.54 Å². The zero-order chi connectivity index (χ0) is 12.7. The molecule has 0 saturated heterocycles. The van der Waals surface area contributed by atoms with Crippen molar-refractivity contribution in [2.45, 2.75) is 32.4 Å². The van der Waals surface area contributed by atoms with E-state index in [1.54, 1.807) is 18.2 Å². The Kier molecular flexibility index (Phi) is 5.18. The van der Waals surface area contributed by atoms with Crippen LogP contribution in [0.5, 0.6) is 0 Å². The predicted molar refractivity (Wildman–Crippen MR) is 65.9 cm³/mol. The summed E-state index contributed by atoms with van der Waals surface area (Å²) in [4.78, 5) is 11.6. The third-order valence-electron chi connectivity index (χ3n) is 2.46. The van der Waals surface area contributed by atoms with Crippen molar-refractivity contribution >= 4 is 5.91 Å². The number of nitriles is 1. The Morgan fingerprint density at radius 2 is 2.35 bits per heavy atom. The van der Waals surface area contributed by atoms with Crippen LogP contribution in [0.1, 0.15) is 30.9 Å². The number of nitrogens with one attached hydrogen (secondary N) is 1. The number of rotatable bonds is 5. The van der Waals surface area contributed by atoms with E-state index in [0.29, 0.717) is 18.5 Å². The van der Waals surface area contributed by atoms with Gasteiger partial charge < -0.3 is 11.1 Å². The third-order valence-corrected chi connectivity index (χ3v) is 2.46. The second kappa shape index (κ2) is 6.66. The van der Waals surface area contributed by atoms with Crippen LogP contribution < -0.4 is 11.1 Å². The van der Waals surface area contributed by atoms with Crippen molar-refractivity contribution in [3.63, 3.8) is 0 Å². The van der Waals surface area contributed by atoms with Crippen molar-refractivity contribution < 1.29 is 4.79 Å². The number of amides is 1. The highest BCUT2D eigenvalue weighted by atomic mass is 16.2. The number of carbonyl (C=O) groups is 1. The maximum Gasteiger partial charge on any atom is 0.237 e. The van der Waals surface area contributed by atoms with E-state index in [2.05, 4.69) is 11.4 Å². The van der Waals surface area contributed by atoms with Crippen LogP contribution in [0, 0.1) is 11.3 Å². The first-order valence-electron chi connectivity index (χ1n) is 5.69. The largest absolute Gasteiger partial charge is 0.351 e. The summed E-state index contributed by atoms with van der Waals surface area (Å²) in [5.74, 6) is -0.144. The van der Waals surface area contributed by atoms with Crippen LogP contribution in [-0.4, -0.2) is 11.9 Å². The molecule has 0 fully saturated rings. The van der Waals surface area contributed by atoms with Crippen LogP contribution in [0.4, 0.5) is 0 Å². The van der Waals surface area contributed by atoms with Crippen molar-refractivity contribution in [3.05, 3.63) is 35.4 Å². The highest BCUT2D eigenvalue weighted by Gasteiger charge is 2.11. The van der Waals surface area contributed by atoms with Gasteiger partial charge in [0.05, 0.1) is 17.7 Å². The molecule has 3 N–H and O–H groups in total. The Hall–Kier alpha value is -1.86. The van der Waals surface area contributed by atoms with Gasteiger partial charge in [-0.15, -0.1) is 0 Å². The van der Waals surface area contributed by atoms with Gasteiger partial charge >= 0.3 is 0 Å². The van der Waals surface area contributed by atoms with E-state index in [1.165, 1.54) is 0 Å². The quantitative estimate of drug-likeness (QED) is 0.801. The Morgan fingerprint density at radius 3 is 3.00 bits per heavy atom. The summed E-state index contributed by atoms with van der Waals surface area (Å²) in [6.45, 7) is 2.40. The average molecular weight is 231 g/mol. The molecule has 1 aromatic rings. The summed E-state index contributed by atoms with van der Waals surface area (Å²) in [7, 11) is 0. The maximum absolute atomic E-state index is 11.6. The molecule has 0 heterocycles. The van der Waals surface area contributed by atoms with E-state index >= 15 is 0 Å². The van der Waals surface area contributed by atoms with Gasteiger partial charge in [0.1, 0.15) is 0 Å². The van der Waals surface area contributed by atoms with E-state index in [4.69, 9.17) is 11.0 Å². The highest BCUT2D eigenvalue weighted by Crippen LogP contribution is 2.04. The molecule has 0 aliphatic heterocycles. The highest BCUT2D eigenvalue weighted by molar-refractivity contribution is 5.81. The first-order chi connectivity index (χ1) is 8.17. The summed E-state index contributed by atoms with van der Waals surface area (Å²) in [6.07, 6.45) is 1.57. The molecular weight excluding hydrogens is 214 g/mol. The van der Waals surface area contributed by atoms with E-state index in [1.807, 2.05) is 13.0 Å². The van der Waals surface area contributed by atoms with Crippen LogP contribution in [0.3, 0.4) is 0 Å². The van der Waals surface area contributed by atoms with Crippen molar-refractivity contribution in [3.8, 4) is 6.07 Å². The number of hydrogen-bond acceptors (Lipinski definition) is 3. The SMILES string of the molecule is CCCC(N)C(=O)NCc1cccc(C#N)c1. The van der Waals surface area contributed by atoms with Crippen molar-refractivity contribution in [2.24, 2.45) is 5.73 Å². The summed E-state index contributed by atoms with van der Waals surface area (Å²) in [5.41, 5.74) is 7.18. The van der Waals surface area contributed by atoms with Gasteiger partial charge in [-0.3, -0.25) is 4.79 Å². The van der Waals surface area contributed by atoms with E-state index in [-0.39, 0.29) is 5.91 Å². The van der Waals surface area contributed by atoms with Crippen LogP contribution in [0.2, 0.25) is 0 Å². The van der Waals surface area contributed by atoms with Gasteiger partial charge in [-0.25, -0.2) is 0 Å². The molecule has 4 heteroatoms. The van der Waals surface area contributed by atoms with Gasteiger partial charge in [-0.2, -0.15) is 5.26 Å². The monoisotopic (exact) mass is 231 g/mol. The fourth-order valence-corrected chi connectivity index (χ4v) is 1.51. The van der Waals surface area contributed by atoms with Crippen molar-refractivity contribution in [1.82, 2.24) is 5.32 Å². The molecule has 0 aliphatic rings. The molecule has 1 amide bonds. The summed E-state index contributed by atoms with van der Waals surface area (Å²) >= 11 is 0. The second-order valence-electron chi connectivity index (χ2n) is 3.93. The Labute approximate surface area is 101 Å².